The highest BCUT2D eigenvalue weighted by Gasteiger charge is 2.34. The van der Waals surface area contributed by atoms with Crippen LogP contribution in [0.2, 0.25) is 0 Å². The average Bonchev–Trinajstić information content (AvgIpc) is 3.55. The van der Waals surface area contributed by atoms with Gasteiger partial charge >= 0.3 is 0 Å². The maximum Gasteiger partial charge on any atom is 0.276 e. The minimum Gasteiger partial charge on any atom is -0.361 e. The van der Waals surface area contributed by atoms with Gasteiger partial charge in [0.25, 0.3) is 5.91 Å². The van der Waals surface area contributed by atoms with E-state index in [0.717, 1.165) is 81.3 Å². The van der Waals surface area contributed by atoms with E-state index in [2.05, 4.69) is 12.1 Å². The first-order valence-corrected chi connectivity index (χ1v) is 12.3. The number of nitrogens with zero attached hydrogens (tertiary/aromatic N) is 3. The molecule has 172 valence electrons. The molecule has 0 radical (unpaired) electrons. The molecule has 0 unspecified atom stereocenters. The fraction of sp³-hybridized carbons (Fsp3) is 0.577. The number of hydrogen-bond acceptors (Lipinski definition) is 4. The summed E-state index contributed by atoms with van der Waals surface area (Å²) in [5.74, 6) is 1.07. The molecular formula is C26H35N3O3. The van der Waals surface area contributed by atoms with E-state index in [9.17, 15) is 9.59 Å². The van der Waals surface area contributed by atoms with Gasteiger partial charge in [-0.1, -0.05) is 56.0 Å². The van der Waals surface area contributed by atoms with Crippen LogP contribution < -0.4 is 4.90 Å². The number of benzene rings is 1. The van der Waals surface area contributed by atoms with Gasteiger partial charge in [-0.05, 0) is 43.7 Å². The predicted molar refractivity (Wildman–Crippen MR) is 124 cm³/mol. The van der Waals surface area contributed by atoms with Crippen LogP contribution in [0.3, 0.4) is 0 Å². The van der Waals surface area contributed by atoms with Gasteiger partial charge in [0, 0.05) is 43.7 Å². The largest absolute Gasteiger partial charge is 0.361 e. The molecule has 1 fully saturated rings. The SMILES string of the molecule is CCCc1cc(C(=O)N2CCCCCCCCN(C(=O)C3CC3)c3ccccc3C2)no1. The fourth-order valence-corrected chi connectivity index (χ4v) is 4.49. The van der Waals surface area contributed by atoms with Crippen LogP contribution in [0.5, 0.6) is 0 Å². The van der Waals surface area contributed by atoms with Crippen LogP contribution >= 0.6 is 0 Å². The zero-order valence-corrected chi connectivity index (χ0v) is 19.2. The van der Waals surface area contributed by atoms with Crippen LogP contribution in [0, 0.1) is 5.92 Å². The summed E-state index contributed by atoms with van der Waals surface area (Å²) in [4.78, 5) is 30.4. The molecule has 1 saturated carbocycles. The van der Waals surface area contributed by atoms with E-state index >= 15 is 0 Å². The Kier molecular flexibility index (Phi) is 7.61. The van der Waals surface area contributed by atoms with E-state index in [-0.39, 0.29) is 17.7 Å². The van der Waals surface area contributed by atoms with Gasteiger partial charge < -0.3 is 14.3 Å². The van der Waals surface area contributed by atoms with Crippen LogP contribution in [0.4, 0.5) is 5.69 Å². The zero-order valence-electron chi connectivity index (χ0n) is 19.2. The summed E-state index contributed by atoms with van der Waals surface area (Å²) in [6.45, 7) is 3.98. The van der Waals surface area contributed by atoms with Crippen molar-refractivity contribution >= 4 is 17.5 Å². The molecule has 1 aromatic carbocycles. The summed E-state index contributed by atoms with van der Waals surface area (Å²) in [6, 6.07) is 9.85. The fourth-order valence-electron chi connectivity index (χ4n) is 4.49. The lowest BCUT2D eigenvalue weighted by atomic mass is 10.1. The Morgan fingerprint density at radius 3 is 2.50 bits per heavy atom. The Hall–Kier alpha value is -2.63. The second kappa shape index (κ2) is 10.8. The molecule has 0 atom stereocenters. The smallest absolute Gasteiger partial charge is 0.276 e. The van der Waals surface area contributed by atoms with Crippen LogP contribution in [-0.4, -0.2) is 35.0 Å². The van der Waals surface area contributed by atoms with Crippen molar-refractivity contribution in [2.24, 2.45) is 5.92 Å². The molecule has 6 heteroatoms. The number of aryl methyl sites for hydroxylation is 1. The number of rotatable bonds is 4. The molecule has 2 aromatic rings. The van der Waals surface area contributed by atoms with Crippen molar-refractivity contribution in [1.82, 2.24) is 10.1 Å². The monoisotopic (exact) mass is 437 g/mol. The van der Waals surface area contributed by atoms with Crippen molar-refractivity contribution in [2.45, 2.75) is 77.7 Å². The van der Waals surface area contributed by atoms with Crippen molar-refractivity contribution in [1.29, 1.82) is 0 Å². The third kappa shape index (κ3) is 5.59. The van der Waals surface area contributed by atoms with Crippen LogP contribution in [-0.2, 0) is 17.8 Å². The quantitative estimate of drug-likeness (QED) is 0.645. The summed E-state index contributed by atoms with van der Waals surface area (Å²) in [7, 11) is 0. The molecule has 2 heterocycles. The Morgan fingerprint density at radius 1 is 1.03 bits per heavy atom. The number of anilines is 1. The molecule has 2 aliphatic rings. The molecule has 1 aliphatic heterocycles. The van der Waals surface area contributed by atoms with E-state index in [1.165, 1.54) is 6.42 Å². The van der Waals surface area contributed by atoms with Crippen LogP contribution in [0.1, 0.15) is 86.5 Å². The first kappa shape index (κ1) is 22.6. The highest BCUT2D eigenvalue weighted by Crippen LogP contribution is 2.34. The summed E-state index contributed by atoms with van der Waals surface area (Å²) >= 11 is 0. The molecule has 0 spiro atoms. The van der Waals surface area contributed by atoms with Crippen molar-refractivity contribution in [3.05, 3.63) is 47.3 Å². The average molecular weight is 438 g/mol. The highest BCUT2D eigenvalue weighted by atomic mass is 16.5. The first-order valence-electron chi connectivity index (χ1n) is 12.3. The lowest BCUT2D eigenvalue weighted by Crippen LogP contribution is -2.36. The Labute approximate surface area is 190 Å². The summed E-state index contributed by atoms with van der Waals surface area (Å²) < 4.78 is 5.37. The number of carbonyl (C=O) groups is 2. The molecule has 0 N–H and O–H groups in total. The van der Waals surface area contributed by atoms with E-state index in [1.54, 1.807) is 6.07 Å². The van der Waals surface area contributed by atoms with Gasteiger partial charge in [-0.25, -0.2) is 0 Å². The first-order chi connectivity index (χ1) is 15.7. The molecule has 2 amide bonds. The number of fused-ring (bicyclic) bond motifs is 1. The van der Waals surface area contributed by atoms with Gasteiger partial charge in [0.2, 0.25) is 5.91 Å². The van der Waals surface area contributed by atoms with E-state index in [0.29, 0.717) is 18.8 Å². The minimum atomic E-state index is -0.0964. The third-order valence-corrected chi connectivity index (χ3v) is 6.46. The van der Waals surface area contributed by atoms with E-state index < -0.39 is 0 Å². The maximum atomic E-state index is 13.4. The molecule has 6 nitrogen and oxygen atoms in total. The molecule has 0 bridgehead atoms. The molecule has 32 heavy (non-hydrogen) atoms. The molecular weight excluding hydrogens is 402 g/mol. The van der Waals surface area contributed by atoms with Gasteiger partial charge in [-0.3, -0.25) is 9.59 Å². The predicted octanol–water partition coefficient (Wildman–Crippen LogP) is 5.37. The van der Waals surface area contributed by atoms with Crippen molar-refractivity contribution < 1.29 is 14.1 Å². The van der Waals surface area contributed by atoms with E-state index in [4.69, 9.17) is 4.52 Å². The second-order valence-electron chi connectivity index (χ2n) is 9.17. The van der Waals surface area contributed by atoms with Gasteiger partial charge in [0.1, 0.15) is 5.76 Å². The number of aromatic nitrogens is 1. The molecule has 0 saturated heterocycles. The highest BCUT2D eigenvalue weighted by molar-refractivity contribution is 5.97. The third-order valence-electron chi connectivity index (χ3n) is 6.46. The van der Waals surface area contributed by atoms with Gasteiger partial charge in [0.05, 0.1) is 0 Å². The normalized spacial score (nSPS) is 18.3. The number of para-hydroxylation sites is 1. The van der Waals surface area contributed by atoms with Crippen LogP contribution in [0.25, 0.3) is 0 Å². The van der Waals surface area contributed by atoms with Gasteiger partial charge in [-0.15, -0.1) is 0 Å². The van der Waals surface area contributed by atoms with E-state index in [1.807, 2.05) is 34.1 Å². The zero-order chi connectivity index (χ0) is 22.3. The topological polar surface area (TPSA) is 66.7 Å². The van der Waals surface area contributed by atoms with Gasteiger partial charge in [0.15, 0.2) is 5.69 Å². The Bertz CT molecular complexity index is 919. The minimum absolute atomic E-state index is 0.0964. The summed E-state index contributed by atoms with van der Waals surface area (Å²) in [5, 5.41) is 4.05. The molecule has 4 rings (SSSR count). The lowest BCUT2D eigenvalue weighted by Gasteiger charge is -2.28. The lowest BCUT2D eigenvalue weighted by molar-refractivity contribution is -0.119. The summed E-state index contributed by atoms with van der Waals surface area (Å²) in [5.41, 5.74) is 2.35. The standard InChI is InChI=1S/C26H35N3O3/c1-2-11-22-18-23(27-32-22)26(31)28-16-9-5-3-4-6-10-17-29(25(30)20-14-15-20)24-13-8-7-12-21(24)19-28/h7-8,12-13,18,20H,2-6,9-11,14-17,19H2,1H3. The van der Waals surface area contributed by atoms with Gasteiger partial charge in [-0.2, -0.15) is 0 Å². The number of hydrogen-bond donors (Lipinski definition) is 0. The number of amides is 2. The van der Waals surface area contributed by atoms with Crippen LogP contribution in [0.15, 0.2) is 34.9 Å². The van der Waals surface area contributed by atoms with Crippen molar-refractivity contribution in [3.8, 4) is 0 Å². The van der Waals surface area contributed by atoms with Crippen molar-refractivity contribution in [3.63, 3.8) is 0 Å². The second-order valence-corrected chi connectivity index (χ2v) is 9.17. The molecule has 1 aliphatic carbocycles. The maximum absolute atomic E-state index is 13.4. The van der Waals surface area contributed by atoms with Crippen molar-refractivity contribution in [2.75, 3.05) is 18.0 Å². The molecule has 1 aromatic heterocycles. The Morgan fingerprint density at radius 2 is 1.75 bits per heavy atom. The summed E-state index contributed by atoms with van der Waals surface area (Å²) in [6.07, 6.45) is 10.3. The Balaban J connectivity index is 1.61. The number of carbonyl (C=O) groups excluding carboxylic acids is 2.